The van der Waals surface area contributed by atoms with E-state index in [1.54, 1.807) is 0 Å². The van der Waals surface area contributed by atoms with Crippen LogP contribution in [-0.4, -0.2) is 19.9 Å². The molecule has 0 amide bonds. The Labute approximate surface area is 162 Å². The van der Waals surface area contributed by atoms with Crippen LogP contribution in [0, 0.1) is 0 Å². The fraction of sp³-hybridized carbons (Fsp3) is 0.300. The van der Waals surface area contributed by atoms with Gasteiger partial charge < -0.3 is 9.97 Å². The van der Waals surface area contributed by atoms with E-state index in [-0.39, 0.29) is 0 Å². The molecule has 0 unspecified atom stereocenters. The highest BCUT2D eigenvalue weighted by atomic mass is 35.5. The second kappa shape index (κ2) is 7.68. The van der Waals surface area contributed by atoms with Gasteiger partial charge in [-0.05, 0) is 49.2 Å². The van der Waals surface area contributed by atoms with E-state index >= 15 is 0 Å². The first-order valence-corrected chi connectivity index (χ1v) is 9.71. The lowest BCUT2D eigenvalue weighted by Crippen LogP contribution is -1.91. The summed E-state index contributed by atoms with van der Waals surface area (Å²) in [6.45, 7) is 0. The van der Waals surface area contributed by atoms with Crippen molar-refractivity contribution >= 4 is 45.3 Å². The first kappa shape index (κ1) is 17.4. The number of benzene rings is 2. The molecule has 0 spiro atoms. The third-order valence-corrected chi connectivity index (χ3v) is 5.03. The molecular weight excluding hydrogens is 367 g/mol. The van der Waals surface area contributed by atoms with Gasteiger partial charge in [-0.2, -0.15) is 0 Å². The number of nitrogens with one attached hydrogen (secondary N) is 2. The molecule has 0 atom stereocenters. The number of halogens is 2. The predicted octanol–water partition coefficient (Wildman–Crippen LogP) is 6.09. The summed E-state index contributed by atoms with van der Waals surface area (Å²) < 4.78 is 0. The molecule has 4 aromatic rings. The van der Waals surface area contributed by atoms with Gasteiger partial charge in [0, 0.05) is 22.9 Å². The van der Waals surface area contributed by atoms with Gasteiger partial charge in [0.25, 0.3) is 0 Å². The Kier molecular flexibility index (Phi) is 5.14. The summed E-state index contributed by atoms with van der Waals surface area (Å²) >= 11 is 12.0. The highest BCUT2D eigenvalue weighted by Crippen LogP contribution is 2.19. The molecule has 4 nitrogen and oxygen atoms in total. The van der Waals surface area contributed by atoms with Gasteiger partial charge in [-0.15, -0.1) is 0 Å². The first-order chi connectivity index (χ1) is 12.7. The highest BCUT2D eigenvalue weighted by Gasteiger charge is 2.05. The quantitative estimate of drug-likeness (QED) is 0.377. The SMILES string of the molecule is Clc1ccc2nc(CCCCCCc3nc4ccc(Cl)cc4[nH]3)[nH]c2c1. The van der Waals surface area contributed by atoms with E-state index < -0.39 is 0 Å². The van der Waals surface area contributed by atoms with Crippen LogP contribution in [0.3, 0.4) is 0 Å². The van der Waals surface area contributed by atoms with Crippen molar-refractivity contribution in [1.29, 1.82) is 0 Å². The normalized spacial score (nSPS) is 11.6. The zero-order chi connectivity index (χ0) is 17.9. The van der Waals surface area contributed by atoms with Crippen LogP contribution in [-0.2, 0) is 12.8 Å². The van der Waals surface area contributed by atoms with Crippen molar-refractivity contribution in [3.63, 3.8) is 0 Å². The van der Waals surface area contributed by atoms with Crippen molar-refractivity contribution in [3.05, 3.63) is 58.1 Å². The molecule has 26 heavy (non-hydrogen) atoms. The van der Waals surface area contributed by atoms with E-state index in [2.05, 4.69) is 19.9 Å². The molecule has 0 saturated heterocycles. The van der Waals surface area contributed by atoms with E-state index in [9.17, 15) is 0 Å². The second-order valence-corrected chi connectivity index (χ2v) is 7.48. The molecule has 0 aliphatic carbocycles. The lowest BCUT2D eigenvalue weighted by atomic mass is 10.1. The number of aryl methyl sites for hydroxylation is 2. The Morgan fingerprint density at radius 3 is 1.58 bits per heavy atom. The summed E-state index contributed by atoms with van der Waals surface area (Å²) in [6.07, 6.45) is 6.56. The smallest absolute Gasteiger partial charge is 0.107 e. The molecule has 2 aromatic heterocycles. The van der Waals surface area contributed by atoms with Gasteiger partial charge in [0.1, 0.15) is 11.6 Å². The third-order valence-electron chi connectivity index (χ3n) is 4.56. The van der Waals surface area contributed by atoms with Crippen molar-refractivity contribution in [1.82, 2.24) is 19.9 Å². The minimum Gasteiger partial charge on any atom is -0.342 e. The van der Waals surface area contributed by atoms with E-state index in [0.717, 1.165) is 69.4 Å². The van der Waals surface area contributed by atoms with Crippen LogP contribution < -0.4 is 0 Å². The Balaban J connectivity index is 1.22. The van der Waals surface area contributed by atoms with Crippen LogP contribution >= 0.6 is 23.2 Å². The van der Waals surface area contributed by atoms with Crippen LogP contribution in [0.25, 0.3) is 22.1 Å². The lowest BCUT2D eigenvalue weighted by molar-refractivity contribution is 0.625. The zero-order valence-corrected chi connectivity index (χ0v) is 15.9. The Bertz CT molecular complexity index is 951. The van der Waals surface area contributed by atoms with Gasteiger partial charge in [0.05, 0.1) is 22.1 Å². The molecular formula is C20H20Cl2N4. The molecule has 0 aliphatic rings. The molecule has 2 N–H and O–H groups in total. The van der Waals surface area contributed by atoms with Crippen molar-refractivity contribution in [2.24, 2.45) is 0 Å². The molecule has 2 aromatic carbocycles. The molecule has 0 saturated carbocycles. The van der Waals surface area contributed by atoms with Gasteiger partial charge >= 0.3 is 0 Å². The minimum atomic E-state index is 0.737. The number of fused-ring (bicyclic) bond motifs is 2. The van der Waals surface area contributed by atoms with Crippen molar-refractivity contribution in [2.75, 3.05) is 0 Å². The summed E-state index contributed by atoms with van der Waals surface area (Å²) in [6, 6.07) is 11.5. The standard InChI is InChI=1S/C20H20Cl2N4/c21-13-7-9-15-17(11-13)25-19(23-15)5-3-1-2-4-6-20-24-16-10-8-14(22)12-18(16)26-20/h7-12H,1-6H2,(H,23,25)(H,24,26). The van der Waals surface area contributed by atoms with E-state index in [4.69, 9.17) is 23.2 Å². The van der Waals surface area contributed by atoms with Gasteiger partial charge in [-0.1, -0.05) is 36.0 Å². The molecule has 2 heterocycles. The first-order valence-electron chi connectivity index (χ1n) is 8.96. The van der Waals surface area contributed by atoms with E-state index in [0.29, 0.717) is 0 Å². The largest absolute Gasteiger partial charge is 0.342 e. The Morgan fingerprint density at radius 2 is 1.12 bits per heavy atom. The molecule has 134 valence electrons. The van der Waals surface area contributed by atoms with Crippen LogP contribution in [0.5, 0.6) is 0 Å². The van der Waals surface area contributed by atoms with E-state index in [1.165, 1.54) is 12.8 Å². The van der Waals surface area contributed by atoms with Crippen molar-refractivity contribution in [3.8, 4) is 0 Å². The summed E-state index contributed by atoms with van der Waals surface area (Å²) in [7, 11) is 0. The number of H-pyrrole nitrogens is 2. The van der Waals surface area contributed by atoms with Gasteiger partial charge in [-0.3, -0.25) is 0 Å². The fourth-order valence-electron chi connectivity index (χ4n) is 3.24. The number of hydrogen-bond acceptors (Lipinski definition) is 2. The molecule has 6 heteroatoms. The number of nitrogens with zero attached hydrogens (tertiary/aromatic N) is 2. The number of aromatic nitrogens is 4. The maximum atomic E-state index is 6.01. The summed E-state index contributed by atoms with van der Waals surface area (Å²) in [5.74, 6) is 2.08. The van der Waals surface area contributed by atoms with Gasteiger partial charge in [0.15, 0.2) is 0 Å². The molecule has 0 radical (unpaired) electrons. The van der Waals surface area contributed by atoms with Gasteiger partial charge in [0.2, 0.25) is 0 Å². The number of hydrogen-bond donors (Lipinski definition) is 2. The second-order valence-electron chi connectivity index (χ2n) is 6.60. The molecule has 4 rings (SSSR count). The van der Waals surface area contributed by atoms with Crippen molar-refractivity contribution in [2.45, 2.75) is 38.5 Å². The van der Waals surface area contributed by atoms with Crippen LogP contribution in [0.15, 0.2) is 36.4 Å². The summed E-state index contributed by atoms with van der Waals surface area (Å²) in [5, 5.41) is 1.47. The monoisotopic (exact) mass is 386 g/mol. The molecule has 0 bridgehead atoms. The highest BCUT2D eigenvalue weighted by molar-refractivity contribution is 6.31. The number of rotatable bonds is 7. The number of aromatic amines is 2. The lowest BCUT2D eigenvalue weighted by Gasteiger charge is -1.99. The summed E-state index contributed by atoms with van der Waals surface area (Å²) in [5.41, 5.74) is 3.98. The Morgan fingerprint density at radius 1 is 0.654 bits per heavy atom. The van der Waals surface area contributed by atoms with E-state index in [1.807, 2.05) is 36.4 Å². The maximum Gasteiger partial charge on any atom is 0.107 e. The number of imidazole rings is 2. The van der Waals surface area contributed by atoms with Crippen LogP contribution in [0.4, 0.5) is 0 Å². The van der Waals surface area contributed by atoms with Crippen LogP contribution in [0.2, 0.25) is 10.0 Å². The third kappa shape index (κ3) is 4.02. The Hall–Kier alpha value is -2.04. The molecule has 0 aliphatic heterocycles. The predicted molar refractivity (Wildman–Crippen MR) is 108 cm³/mol. The van der Waals surface area contributed by atoms with Crippen molar-refractivity contribution < 1.29 is 0 Å². The minimum absolute atomic E-state index is 0.737. The maximum absolute atomic E-state index is 6.01. The van der Waals surface area contributed by atoms with Crippen LogP contribution in [0.1, 0.15) is 37.3 Å². The number of unbranched alkanes of at least 4 members (excludes halogenated alkanes) is 3. The molecule has 0 fully saturated rings. The van der Waals surface area contributed by atoms with Gasteiger partial charge in [-0.25, -0.2) is 9.97 Å². The summed E-state index contributed by atoms with van der Waals surface area (Å²) in [4.78, 5) is 15.9. The average Bonchev–Trinajstić information content (AvgIpc) is 3.20. The average molecular weight is 387 g/mol. The zero-order valence-electron chi connectivity index (χ0n) is 14.4. The topological polar surface area (TPSA) is 57.4 Å². The fourth-order valence-corrected chi connectivity index (χ4v) is 3.59.